The van der Waals surface area contributed by atoms with Gasteiger partial charge in [0.05, 0.1) is 29.0 Å². The van der Waals surface area contributed by atoms with Crippen LogP contribution in [0, 0.1) is 5.82 Å². The number of hydrogen-bond donors (Lipinski definition) is 1. The highest BCUT2D eigenvalue weighted by atomic mass is 32.2. The first-order chi connectivity index (χ1) is 17.9. The normalized spacial score (nSPS) is 10.9. The van der Waals surface area contributed by atoms with Crippen molar-refractivity contribution in [1.82, 2.24) is 14.9 Å². The van der Waals surface area contributed by atoms with Crippen molar-refractivity contribution < 1.29 is 18.7 Å². The number of thioether (sulfide) groups is 1. The van der Waals surface area contributed by atoms with Gasteiger partial charge >= 0.3 is 0 Å². The van der Waals surface area contributed by atoms with Gasteiger partial charge in [-0.3, -0.25) is 19.0 Å². The molecule has 37 heavy (non-hydrogen) atoms. The summed E-state index contributed by atoms with van der Waals surface area (Å²) in [6.45, 7) is 4.90. The van der Waals surface area contributed by atoms with Crippen LogP contribution in [0.25, 0.3) is 16.6 Å². The van der Waals surface area contributed by atoms with E-state index in [1.165, 1.54) is 28.8 Å². The molecule has 1 aromatic heterocycles. The van der Waals surface area contributed by atoms with E-state index in [0.717, 1.165) is 18.2 Å². The molecule has 0 aliphatic rings. The van der Waals surface area contributed by atoms with Crippen molar-refractivity contribution in [2.24, 2.45) is 0 Å². The van der Waals surface area contributed by atoms with Crippen LogP contribution in [0.15, 0.2) is 76.7 Å². The minimum atomic E-state index is -0.437. The summed E-state index contributed by atoms with van der Waals surface area (Å²) in [5.74, 6) is -0.155. The second-order valence-electron chi connectivity index (χ2n) is 8.17. The zero-order chi connectivity index (χ0) is 26.4. The van der Waals surface area contributed by atoms with Crippen LogP contribution in [0.4, 0.5) is 4.39 Å². The van der Waals surface area contributed by atoms with E-state index in [1.54, 1.807) is 42.5 Å². The third-order valence-electron chi connectivity index (χ3n) is 5.54. The smallest absolute Gasteiger partial charge is 0.266 e. The summed E-state index contributed by atoms with van der Waals surface area (Å²) in [7, 11) is 0. The van der Waals surface area contributed by atoms with Gasteiger partial charge < -0.3 is 10.1 Å². The quantitative estimate of drug-likeness (QED) is 0.179. The first kappa shape index (κ1) is 26.1. The molecule has 0 unspecified atom stereocenters. The number of Topliss-reactive ketones (excluding diaryl/α,β-unsaturated/α-hetero) is 1. The fourth-order valence-corrected chi connectivity index (χ4v) is 4.59. The zero-order valence-electron chi connectivity index (χ0n) is 20.5. The van der Waals surface area contributed by atoms with Gasteiger partial charge in [-0.05, 0) is 80.1 Å². The number of nitrogens with zero attached hydrogens (tertiary/aromatic N) is 2. The molecule has 0 bridgehead atoms. The minimum absolute atomic E-state index is 0.0177. The minimum Gasteiger partial charge on any atom is -0.494 e. The highest BCUT2D eigenvalue weighted by Crippen LogP contribution is 2.24. The maximum atomic E-state index is 13.6. The lowest BCUT2D eigenvalue weighted by Gasteiger charge is -2.14. The van der Waals surface area contributed by atoms with Gasteiger partial charge in [-0.25, -0.2) is 9.37 Å². The molecule has 0 radical (unpaired) electrons. The van der Waals surface area contributed by atoms with E-state index in [4.69, 9.17) is 4.74 Å². The monoisotopic (exact) mass is 519 g/mol. The Balaban J connectivity index is 1.71. The van der Waals surface area contributed by atoms with E-state index in [0.29, 0.717) is 46.6 Å². The fraction of sp³-hybridized carbons (Fsp3) is 0.214. The first-order valence-electron chi connectivity index (χ1n) is 11.9. The van der Waals surface area contributed by atoms with Crippen molar-refractivity contribution in [2.75, 3.05) is 18.9 Å². The molecule has 1 heterocycles. The summed E-state index contributed by atoms with van der Waals surface area (Å²) >= 11 is 1.10. The third kappa shape index (κ3) is 6.06. The number of ether oxygens (including phenoxy) is 1. The number of carbonyl (C=O) groups excluding carboxylic acids is 2. The Hall–Kier alpha value is -3.98. The van der Waals surface area contributed by atoms with E-state index in [-0.39, 0.29) is 28.2 Å². The van der Waals surface area contributed by atoms with E-state index < -0.39 is 5.82 Å². The topological polar surface area (TPSA) is 90.3 Å². The van der Waals surface area contributed by atoms with E-state index in [1.807, 2.05) is 13.8 Å². The lowest BCUT2D eigenvalue weighted by molar-refractivity contribution is 0.0952. The molecule has 0 aliphatic carbocycles. The van der Waals surface area contributed by atoms with Crippen LogP contribution in [0.5, 0.6) is 5.75 Å². The third-order valence-corrected chi connectivity index (χ3v) is 6.48. The molecule has 4 aromatic rings. The summed E-state index contributed by atoms with van der Waals surface area (Å²) < 4.78 is 20.4. The average molecular weight is 520 g/mol. The Labute approximate surface area is 217 Å². The molecule has 4 rings (SSSR count). The number of rotatable bonds is 10. The van der Waals surface area contributed by atoms with Gasteiger partial charge in [0.15, 0.2) is 10.9 Å². The van der Waals surface area contributed by atoms with Crippen molar-refractivity contribution in [3.05, 3.63) is 94.0 Å². The molecule has 0 aliphatic heterocycles. The molecule has 7 nitrogen and oxygen atoms in total. The molecule has 0 saturated heterocycles. The predicted octanol–water partition coefficient (Wildman–Crippen LogP) is 5.04. The van der Waals surface area contributed by atoms with E-state index >= 15 is 0 Å². The van der Waals surface area contributed by atoms with Gasteiger partial charge in [0.25, 0.3) is 11.5 Å². The lowest BCUT2D eigenvalue weighted by atomic mass is 10.1. The molecule has 0 fully saturated rings. The van der Waals surface area contributed by atoms with Crippen LogP contribution < -0.4 is 15.6 Å². The van der Waals surface area contributed by atoms with Crippen LogP contribution in [0.3, 0.4) is 0 Å². The van der Waals surface area contributed by atoms with Crippen LogP contribution >= 0.6 is 11.8 Å². The van der Waals surface area contributed by atoms with Gasteiger partial charge in [0.2, 0.25) is 0 Å². The summed E-state index contributed by atoms with van der Waals surface area (Å²) in [6.07, 6.45) is 0.795. The number of aromatic nitrogens is 2. The number of amides is 1. The second kappa shape index (κ2) is 11.8. The van der Waals surface area contributed by atoms with Crippen LogP contribution in [0.1, 0.15) is 41.0 Å². The summed E-state index contributed by atoms with van der Waals surface area (Å²) in [5, 5.41) is 3.37. The first-order valence-corrected chi connectivity index (χ1v) is 12.9. The molecule has 1 amide bonds. The Morgan fingerprint density at radius 3 is 2.38 bits per heavy atom. The molecule has 9 heteroatoms. The molecule has 190 valence electrons. The molecule has 0 atom stereocenters. The molecule has 3 aromatic carbocycles. The van der Waals surface area contributed by atoms with Crippen molar-refractivity contribution in [3.8, 4) is 11.4 Å². The number of ketones is 1. The Morgan fingerprint density at radius 2 is 1.70 bits per heavy atom. The number of fused-ring (bicyclic) bond motifs is 1. The molecule has 0 saturated carbocycles. The maximum Gasteiger partial charge on any atom is 0.266 e. The van der Waals surface area contributed by atoms with Gasteiger partial charge in [-0.1, -0.05) is 18.7 Å². The zero-order valence-corrected chi connectivity index (χ0v) is 21.3. The summed E-state index contributed by atoms with van der Waals surface area (Å²) in [4.78, 5) is 43.5. The maximum absolute atomic E-state index is 13.6. The number of halogens is 1. The summed E-state index contributed by atoms with van der Waals surface area (Å²) in [5.41, 5.74) is 1.26. The largest absolute Gasteiger partial charge is 0.494 e. The fourth-order valence-electron chi connectivity index (χ4n) is 3.68. The Bertz CT molecular complexity index is 1480. The van der Waals surface area contributed by atoms with E-state index in [2.05, 4.69) is 10.3 Å². The summed E-state index contributed by atoms with van der Waals surface area (Å²) in [6, 6.07) is 17.0. The van der Waals surface area contributed by atoms with Crippen molar-refractivity contribution >= 4 is 34.4 Å². The number of nitrogens with one attached hydrogen (secondary N) is 1. The van der Waals surface area contributed by atoms with Gasteiger partial charge in [0, 0.05) is 17.7 Å². The number of benzene rings is 3. The molecular formula is C28H26FN3O4S. The van der Waals surface area contributed by atoms with Gasteiger partial charge in [-0.15, -0.1) is 0 Å². The van der Waals surface area contributed by atoms with E-state index in [9.17, 15) is 18.8 Å². The molecular weight excluding hydrogens is 493 g/mol. The van der Waals surface area contributed by atoms with Crippen molar-refractivity contribution in [1.29, 1.82) is 0 Å². The number of carbonyl (C=O) groups is 2. The molecule has 0 spiro atoms. The highest BCUT2D eigenvalue weighted by Gasteiger charge is 2.17. The standard InChI is InChI=1S/C28H26FN3O4S/c1-3-15-30-26(34)19-7-14-23-24(16-19)31-28(32(27(23)35)21-10-8-20(29)9-11-21)37-17-25(33)18-5-12-22(13-6-18)36-4-2/h5-14,16H,3-4,15,17H2,1-2H3,(H,30,34). The number of hydrogen-bond acceptors (Lipinski definition) is 6. The highest BCUT2D eigenvalue weighted by molar-refractivity contribution is 7.99. The van der Waals surface area contributed by atoms with Gasteiger partial charge in [0.1, 0.15) is 11.6 Å². The van der Waals surface area contributed by atoms with Crippen LogP contribution in [0.2, 0.25) is 0 Å². The SMILES string of the molecule is CCCNC(=O)c1ccc2c(=O)n(-c3ccc(F)cc3)c(SCC(=O)c3ccc(OCC)cc3)nc2c1. The van der Waals surface area contributed by atoms with Gasteiger partial charge in [-0.2, -0.15) is 0 Å². The van der Waals surface area contributed by atoms with Crippen molar-refractivity contribution in [2.45, 2.75) is 25.4 Å². The van der Waals surface area contributed by atoms with Crippen LogP contribution in [-0.4, -0.2) is 40.1 Å². The lowest BCUT2D eigenvalue weighted by Crippen LogP contribution is -2.25. The van der Waals surface area contributed by atoms with Crippen molar-refractivity contribution in [3.63, 3.8) is 0 Å². The average Bonchev–Trinajstić information content (AvgIpc) is 2.91. The Morgan fingerprint density at radius 1 is 1.00 bits per heavy atom. The molecule has 1 N–H and O–H groups in total. The predicted molar refractivity (Wildman–Crippen MR) is 143 cm³/mol. The van der Waals surface area contributed by atoms with Crippen LogP contribution in [-0.2, 0) is 0 Å². The second-order valence-corrected chi connectivity index (χ2v) is 9.11. The Kier molecular flexibility index (Phi) is 8.35.